The van der Waals surface area contributed by atoms with Crippen LogP contribution < -0.4 is 10.1 Å². The van der Waals surface area contributed by atoms with Crippen molar-refractivity contribution in [3.63, 3.8) is 0 Å². The number of carbonyl (C=O) groups excluding carboxylic acids is 1. The number of amides is 1. The molecule has 0 aliphatic carbocycles. The highest BCUT2D eigenvalue weighted by Gasteiger charge is 2.11. The smallest absolute Gasteiger partial charge is 0.230 e. The van der Waals surface area contributed by atoms with Gasteiger partial charge >= 0.3 is 0 Å². The summed E-state index contributed by atoms with van der Waals surface area (Å²) in [6, 6.07) is 15.9. The molecule has 0 saturated carbocycles. The van der Waals surface area contributed by atoms with Gasteiger partial charge in [-0.15, -0.1) is 0 Å². The molecule has 0 bridgehead atoms. The number of nitrogens with zero attached hydrogens (tertiary/aromatic N) is 2. The third-order valence-electron chi connectivity index (χ3n) is 3.95. The van der Waals surface area contributed by atoms with Crippen molar-refractivity contribution in [2.75, 3.05) is 18.9 Å². The zero-order chi connectivity index (χ0) is 18.4. The summed E-state index contributed by atoms with van der Waals surface area (Å²) in [5, 5.41) is 3.76. The number of aromatic nitrogens is 2. The van der Waals surface area contributed by atoms with E-state index in [2.05, 4.69) is 27.9 Å². The van der Waals surface area contributed by atoms with Gasteiger partial charge in [0.15, 0.2) is 5.16 Å². The van der Waals surface area contributed by atoms with Crippen LogP contribution in [0.1, 0.15) is 12.5 Å². The summed E-state index contributed by atoms with van der Waals surface area (Å²) < 4.78 is 7.77. The molecule has 1 heterocycles. The predicted molar refractivity (Wildman–Crippen MR) is 106 cm³/mol. The van der Waals surface area contributed by atoms with E-state index in [4.69, 9.17) is 4.74 Å². The highest BCUT2D eigenvalue weighted by Crippen LogP contribution is 2.23. The normalized spacial score (nSPS) is 10.8. The van der Waals surface area contributed by atoms with E-state index in [9.17, 15) is 4.79 Å². The molecule has 0 saturated heterocycles. The van der Waals surface area contributed by atoms with Gasteiger partial charge in [0, 0.05) is 6.54 Å². The number of ether oxygens (including phenoxy) is 1. The second-order valence-corrected chi connectivity index (χ2v) is 6.87. The number of imidazole rings is 1. The number of carbonyl (C=O) groups is 1. The van der Waals surface area contributed by atoms with E-state index in [-0.39, 0.29) is 5.91 Å². The number of benzene rings is 2. The van der Waals surface area contributed by atoms with Gasteiger partial charge in [-0.25, -0.2) is 4.98 Å². The Morgan fingerprint density at radius 3 is 2.88 bits per heavy atom. The first kappa shape index (κ1) is 18.3. The number of fused-ring (bicyclic) bond motifs is 1. The van der Waals surface area contributed by atoms with Crippen LogP contribution in [0.2, 0.25) is 0 Å². The molecular formula is C20H23N3O2S. The van der Waals surface area contributed by atoms with Crippen LogP contribution >= 0.6 is 11.8 Å². The first-order valence-electron chi connectivity index (χ1n) is 8.71. The quantitative estimate of drug-likeness (QED) is 0.486. The van der Waals surface area contributed by atoms with E-state index >= 15 is 0 Å². The maximum Gasteiger partial charge on any atom is 0.230 e. The Morgan fingerprint density at radius 2 is 2.08 bits per heavy atom. The third kappa shape index (κ3) is 4.58. The lowest BCUT2D eigenvalue weighted by Gasteiger charge is -2.08. The maximum atomic E-state index is 12.1. The third-order valence-corrected chi connectivity index (χ3v) is 4.93. The number of rotatable bonds is 8. The molecule has 1 N–H and O–H groups in total. The molecule has 136 valence electrons. The second kappa shape index (κ2) is 8.76. The van der Waals surface area contributed by atoms with Crippen molar-refractivity contribution in [1.29, 1.82) is 0 Å². The van der Waals surface area contributed by atoms with E-state index in [0.717, 1.165) is 34.0 Å². The Balaban J connectivity index is 1.45. The first-order valence-corrected chi connectivity index (χ1v) is 9.70. The first-order chi connectivity index (χ1) is 12.7. The van der Waals surface area contributed by atoms with E-state index in [1.165, 1.54) is 11.8 Å². The van der Waals surface area contributed by atoms with Crippen molar-refractivity contribution in [3.8, 4) is 5.75 Å². The van der Waals surface area contributed by atoms with Gasteiger partial charge in [-0.3, -0.25) is 4.79 Å². The molecule has 26 heavy (non-hydrogen) atoms. The highest BCUT2D eigenvalue weighted by atomic mass is 32.2. The number of nitrogens with one attached hydrogen (secondary N) is 1. The lowest BCUT2D eigenvalue weighted by molar-refractivity contribution is -0.118. The average molecular weight is 369 g/mol. The fourth-order valence-electron chi connectivity index (χ4n) is 2.71. The summed E-state index contributed by atoms with van der Waals surface area (Å²) in [6.45, 7) is 5.87. The highest BCUT2D eigenvalue weighted by molar-refractivity contribution is 7.99. The Morgan fingerprint density at radius 1 is 1.23 bits per heavy atom. The van der Waals surface area contributed by atoms with Crippen LogP contribution in [-0.2, 0) is 11.3 Å². The molecule has 0 atom stereocenters. The van der Waals surface area contributed by atoms with Gasteiger partial charge in [-0.2, -0.15) is 0 Å². The molecule has 0 spiro atoms. The van der Waals surface area contributed by atoms with Crippen molar-refractivity contribution in [1.82, 2.24) is 14.9 Å². The molecular weight excluding hydrogens is 346 g/mol. The molecule has 3 aromatic rings. The molecule has 3 rings (SSSR count). The van der Waals surface area contributed by atoms with Crippen LogP contribution in [0.25, 0.3) is 11.0 Å². The Labute approximate surface area is 157 Å². The van der Waals surface area contributed by atoms with Crippen molar-refractivity contribution in [3.05, 3.63) is 54.1 Å². The monoisotopic (exact) mass is 369 g/mol. The summed E-state index contributed by atoms with van der Waals surface area (Å²) in [6.07, 6.45) is 0. The molecule has 1 aromatic heterocycles. The lowest BCUT2D eigenvalue weighted by Crippen LogP contribution is -2.29. The van der Waals surface area contributed by atoms with E-state index in [0.29, 0.717) is 18.9 Å². The molecule has 0 unspecified atom stereocenters. The number of para-hydroxylation sites is 2. The van der Waals surface area contributed by atoms with E-state index < -0.39 is 0 Å². The van der Waals surface area contributed by atoms with Crippen molar-refractivity contribution in [2.45, 2.75) is 25.5 Å². The number of hydrogen-bond acceptors (Lipinski definition) is 4. The number of hydrogen-bond donors (Lipinski definition) is 1. The predicted octanol–water partition coefficient (Wildman–Crippen LogP) is 3.65. The number of aryl methyl sites for hydroxylation is 2. The van der Waals surface area contributed by atoms with Crippen LogP contribution in [0.15, 0.2) is 53.7 Å². The fourth-order valence-corrected chi connectivity index (χ4v) is 3.62. The van der Waals surface area contributed by atoms with Crippen LogP contribution in [0.5, 0.6) is 5.75 Å². The summed E-state index contributed by atoms with van der Waals surface area (Å²) in [4.78, 5) is 16.7. The van der Waals surface area contributed by atoms with Crippen molar-refractivity contribution >= 4 is 28.7 Å². The van der Waals surface area contributed by atoms with E-state index in [1.807, 2.05) is 49.4 Å². The Kier molecular flexibility index (Phi) is 6.17. The average Bonchev–Trinajstić information content (AvgIpc) is 3.01. The largest absolute Gasteiger partial charge is 0.492 e. The molecule has 0 aliphatic heterocycles. The molecule has 0 fully saturated rings. The minimum absolute atomic E-state index is 0.0162. The minimum atomic E-state index is -0.0162. The van der Waals surface area contributed by atoms with Gasteiger partial charge in [0.2, 0.25) is 5.91 Å². The van der Waals surface area contributed by atoms with Gasteiger partial charge in [-0.05, 0) is 43.7 Å². The zero-order valence-electron chi connectivity index (χ0n) is 15.1. The molecule has 5 nitrogen and oxygen atoms in total. The van der Waals surface area contributed by atoms with Gasteiger partial charge < -0.3 is 14.6 Å². The van der Waals surface area contributed by atoms with Gasteiger partial charge in [0.05, 0.1) is 23.3 Å². The SMILES string of the molecule is CCn1c(SCC(=O)NCCOc2cccc(C)c2)nc2ccccc21. The van der Waals surface area contributed by atoms with Gasteiger partial charge in [-0.1, -0.05) is 36.0 Å². The van der Waals surface area contributed by atoms with Gasteiger partial charge in [0.25, 0.3) is 0 Å². The van der Waals surface area contributed by atoms with Crippen LogP contribution in [0.3, 0.4) is 0 Å². The summed E-state index contributed by atoms with van der Waals surface area (Å²) in [5.41, 5.74) is 3.22. The summed E-state index contributed by atoms with van der Waals surface area (Å²) in [7, 11) is 0. The van der Waals surface area contributed by atoms with Crippen LogP contribution in [-0.4, -0.2) is 34.4 Å². The van der Waals surface area contributed by atoms with Crippen molar-refractivity contribution in [2.24, 2.45) is 0 Å². The minimum Gasteiger partial charge on any atom is -0.492 e. The standard InChI is InChI=1S/C20H23N3O2S/c1-3-23-18-10-5-4-9-17(18)22-20(23)26-14-19(24)21-11-12-25-16-8-6-7-15(2)13-16/h4-10,13H,3,11-12,14H2,1-2H3,(H,21,24). The maximum absolute atomic E-state index is 12.1. The molecule has 1 amide bonds. The zero-order valence-corrected chi connectivity index (χ0v) is 15.9. The second-order valence-electron chi connectivity index (χ2n) is 5.93. The summed E-state index contributed by atoms with van der Waals surface area (Å²) in [5.74, 6) is 1.15. The Hall–Kier alpha value is -2.47. The number of thioether (sulfide) groups is 1. The van der Waals surface area contributed by atoms with Crippen LogP contribution in [0.4, 0.5) is 0 Å². The molecule has 0 radical (unpaired) electrons. The van der Waals surface area contributed by atoms with E-state index in [1.54, 1.807) is 0 Å². The lowest BCUT2D eigenvalue weighted by atomic mass is 10.2. The Bertz CT molecular complexity index is 892. The van der Waals surface area contributed by atoms with Gasteiger partial charge in [0.1, 0.15) is 12.4 Å². The fraction of sp³-hybridized carbons (Fsp3) is 0.300. The van der Waals surface area contributed by atoms with Crippen LogP contribution in [0, 0.1) is 6.92 Å². The molecule has 0 aliphatic rings. The molecule has 6 heteroatoms. The summed E-state index contributed by atoms with van der Waals surface area (Å²) >= 11 is 1.46. The topological polar surface area (TPSA) is 56.2 Å². The van der Waals surface area contributed by atoms with Crippen molar-refractivity contribution < 1.29 is 9.53 Å². The molecule has 2 aromatic carbocycles.